The zero-order valence-corrected chi connectivity index (χ0v) is 13.3. The molecule has 1 atom stereocenters. The van der Waals surface area contributed by atoms with Crippen molar-refractivity contribution in [1.82, 2.24) is 9.97 Å². The molecule has 0 radical (unpaired) electrons. The molecule has 0 aliphatic heterocycles. The minimum Gasteiger partial charge on any atom is -0.366 e. The Labute approximate surface area is 137 Å². The van der Waals surface area contributed by atoms with Crippen LogP contribution >= 0.6 is 0 Å². The fourth-order valence-corrected chi connectivity index (χ4v) is 1.90. The lowest BCUT2D eigenvalue weighted by Gasteiger charge is -2.15. The van der Waals surface area contributed by atoms with Gasteiger partial charge in [-0.1, -0.05) is 25.1 Å². The Kier molecular flexibility index (Phi) is 5.58. The highest BCUT2D eigenvalue weighted by Crippen LogP contribution is 2.30. The Hall–Kier alpha value is -2.38. The summed E-state index contributed by atoms with van der Waals surface area (Å²) in [6.07, 6.45) is -3.89. The van der Waals surface area contributed by atoms with Crippen molar-refractivity contribution < 1.29 is 17.6 Å². The predicted octanol–water partition coefficient (Wildman–Crippen LogP) is 4.46. The molecule has 0 unspecified atom stereocenters. The minimum absolute atomic E-state index is 0.0176. The highest BCUT2D eigenvalue weighted by molar-refractivity contribution is 5.44. The molecule has 0 spiro atoms. The van der Waals surface area contributed by atoms with E-state index in [1.807, 2.05) is 13.8 Å². The average Bonchev–Trinajstić information content (AvgIpc) is 2.53. The number of halogens is 4. The molecule has 0 aliphatic rings. The number of nitrogens with zero attached hydrogens (tertiary/aromatic N) is 2. The van der Waals surface area contributed by atoms with Crippen LogP contribution in [0.4, 0.5) is 29.3 Å². The van der Waals surface area contributed by atoms with E-state index in [-0.39, 0.29) is 24.4 Å². The van der Waals surface area contributed by atoms with Crippen molar-refractivity contribution in [2.24, 2.45) is 0 Å². The summed E-state index contributed by atoms with van der Waals surface area (Å²) in [6.45, 7) is 3.72. The third-order valence-corrected chi connectivity index (χ3v) is 3.42. The van der Waals surface area contributed by atoms with E-state index in [1.54, 1.807) is 18.2 Å². The summed E-state index contributed by atoms with van der Waals surface area (Å²) in [6, 6.07) is 6.76. The van der Waals surface area contributed by atoms with Crippen LogP contribution < -0.4 is 10.6 Å². The van der Waals surface area contributed by atoms with Crippen LogP contribution in [0.5, 0.6) is 0 Å². The maximum Gasteiger partial charge on any atom is 0.433 e. The highest BCUT2D eigenvalue weighted by atomic mass is 19.4. The third kappa shape index (κ3) is 4.81. The smallest absolute Gasteiger partial charge is 0.366 e. The van der Waals surface area contributed by atoms with Gasteiger partial charge in [0.15, 0.2) is 5.69 Å². The molecule has 8 heteroatoms. The second-order valence-electron chi connectivity index (χ2n) is 5.36. The van der Waals surface area contributed by atoms with Crippen LogP contribution in [0.3, 0.4) is 0 Å². The molecule has 0 aliphatic carbocycles. The number of benzene rings is 1. The second-order valence-corrected chi connectivity index (χ2v) is 5.36. The van der Waals surface area contributed by atoms with Gasteiger partial charge in [0.2, 0.25) is 5.95 Å². The van der Waals surface area contributed by atoms with Crippen molar-refractivity contribution in [1.29, 1.82) is 0 Å². The van der Waals surface area contributed by atoms with E-state index in [9.17, 15) is 17.6 Å². The first-order valence-corrected chi connectivity index (χ1v) is 7.49. The maximum atomic E-state index is 13.6. The summed E-state index contributed by atoms with van der Waals surface area (Å²) in [4.78, 5) is 7.53. The Morgan fingerprint density at radius 2 is 1.88 bits per heavy atom. The molecule has 1 aromatic carbocycles. The van der Waals surface area contributed by atoms with Crippen molar-refractivity contribution in [2.75, 3.05) is 10.6 Å². The number of anilines is 2. The predicted molar refractivity (Wildman–Crippen MR) is 84.1 cm³/mol. The van der Waals surface area contributed by atoms with Crippen LogP contribution in [-0.2, 0) is 12.7 Å². The summed E-state index contributed by atoms with van der Waals surface area (Å²) >= 11 is 0. The van der Waals surface area contributed by atoms with Gasteiger partial charge in [-0.05, 0) is 19.4 Å². The van der Waals surface area contributed by atoms with E-state index in [0.717, 1.165) is 6.07 Å². The molecule has 0 amide bonds. The largest absolute Gasteiger partial charge is 0.433 e. The Bertz CT molecular complexity index is 688. The van der Waals surface area contributed by atoms with Crippen LogP contribution in [0.25, 0.3) is 0 Å². The summed E-state index contributed by atoms with van der Waals surface area (Å²) in [7, 11) is 0. The molecule has 2 N–H and O–H groups in total. The van der Waals surface area contributed by atoms with Crippen LogP contribution in [0, 0.1) is 5.82 Å². The Balaban J connectivity index is 2.24. The molecule has 130 valence electrons. The highest BCUT2D eigenvalue weighted by Gasteiger charge is 2.33. The monoisotopic (exact) mass is 342 g/mol. The van der Waals surface area contributed by atoms with Crippen molar-refractivity contribution in [3.05, 3.63) is 47.4 Å². The summed E-state index contributed by atoms with van der Waals surface area (Å²) in [5.41, 5.74) is -0.722. The van der Waals surface area contributed by atoms with Crippen LogP contribution in [0.2, 0.25) is 0 Å². The lowest BCUT2D eigenvalue weighted by molar-refractivity contribution is -0.141. The van der Waals surface area contributed by atoms with E-state index in [4.69, 9.17) is 0 Å². The lowest BCUT2D eigenvalue weighted by Crippen LogP contribution is -2.19. The average molecular weight is 342 g/mol. The van der Waals surface area contributed by atoms with Crippen LogP contribution in [0.1, 0.15) is 31.5 Å². The molecular formula is C16H18F4N4. The van der Waals surface area contributed by atoms with Gasteiger partial charge >= 0.3 is 6.18 Å². The standard InChI is InChI=1S/C16H18F4N4/c1-3-10(2)22-15-23-13(16(18,19)20)8-14(24-15)21-9-11-6-4-5-7-12(11)17/h4-8,10H,3,9H2,1-2H3,(H2,21,22,23,24)/t10-/m1/s1. The van der Waals surface area contributed by atoms with Gasteiger partial charge in [0, 0.05) is 24.2 Å². The fraction of sp³-hybridized carbons (Fsp3) is 0.375. The number of nitrogens with one attached hydrogen (secondary N) is 2. The molecule has 2 rings (SSSR count). The molecule has 2 aromatic rings. The number of hydrogen-bond donors (Lipinski definition) is 2. The van der Waals surface area contributed by atoms with Crippen molar-refractivity contribution >= 4 is 11.8 Å². The van der Waals surface area contributed by atoms with E-state index in [2.05, 4.69) is 20.6 Å². The van der Waals surface area contributed by atoms with Gasteiger partial charge in [0.25, 0.3) is 0 Å². The van der Waals surface area contributed by atoms with Crippen LogP contribution in [0.15, 0.2) is 30.3 Å². The van der Waals surface area contributed by atoms with Gasteiger partial charge in [-0.2, -0.15) is 18.2 Å². The van der Waals surface area contributed by atoms with E-state index < -0.39 is 17.7 Å². The van der Waals surface area contributed by atoms with E-state index >= 15 is 0 Å². The minimum atomic E-state index is -4.59. The first-order valence-electron chi connectivity index (χ1n) is 7.49. The van der Waals surface area contributed by atoms with Gasteiger partial charge in [0.05, 0.1) is 0 Å². The Morgan fingerprint density at radius 3 is 2.50 bits per heavy atom. The molecule has 0 saturated heterocycles. The number of alkyl halides is 3. The van der Waals surface area contributed by atoms with Gasteiger partial charge in [-0.3, -0.25) is 0 Å². The van der Waals surface area contributed by atoms with Crippen molar-refractivity contribution in [3.63, 3.8) is 0 Å². The topological polar surface area (TPSA) is 49.8 Å². The number of rotatable bonds is 6. The zero-order valence-electron chi connectivity index (χ0n) is 13.3. The molecule has 0 bridgehead atoms. The number of hydrogen-bond acceptors (Lipinski definition) is 4. The summed E-state index contributed by atoms with van der Waals surface area (Å²) in [5.74, 6) is -0.574. The Morgan fingerprint density at radius 1 is 1.17 bits per heavy atom. The maximum absolute atomic E-state index is 13.6. The van der Waals surface area contributed by atoms with Gasteiger partial charge in [-0.15, -0.1) is 0 Å². The summed E-state index contributed by atoms with van der Waals surface area (Å²) in [5, 5.41) is 5.53. The fourth-order valence-electron chi connectivity index (χ4n) is 1.90. The number of aromatic nitrogens is 2. The van der Waals surface area contributed by atoms with E-state index in [1.165, 1.54) is 6.07 Å². The van der Waals surface area contributed by atoms with Crippen molar-refractivity contribution in [2.45, 2.75) is 39.0 Å². The quantitative estimate of drug-likeness (QED) is 0.761. The molecule has 4 nitrogen and oxygen atoms in total. The van der Waals surface area contributed by atoms with Crippen molar-refractivity contribution in [3.8, 4) is 0 Å². The normalized spacial score (nSPS) is 12.8. The first kappa shape index (κ1) is 18.0. The molecule has 0 fully saturated rings. The van der Waals surface area contributed by atoms with Gasteiger partial charge in [0.1, 0.15) is 11.6 Å². The second kappa shape index (κ2) is 7.46. The zero-order chi connectivity index (χ0) is 17.7. The van der Waals surface area contributed by atoms with Crippen LogP contribution in [-0.4, -0.2) is 16.0 Å². The van der Waals surface area contributed by atoms with Gasteiger partial charge in [-0.25, -0.2) is 9.37 Å². The summed E-state index contributed by atoms with van der Waals surface area (Å²) < 4.78 is 52.6. The third-order valence-electron chi connectivity index (χ3n) is 3.42. The molecule has 0 saturated carbocycles. The van der Waals surface area contributed by atoms with E-state index in [0.29, 0.717) is 12.0 Å². The molecule has 1 aromatic heterocycles. The van der Waals surface area contributed by atoms with Gasteiger partial charge < -0.3 is 10.6 Å². The lowest BCUT2D eigenvalue weighted by atomic mass is 10.2. The molecule has 24 heavy (non-hydrogen) atoms. The first-order chi connectivity index (χ1) is 11.3. The molecular weight excluding hydrogens is 324 g/mol. The SMILES string of the molecule is CC[C@@H](C)Nc1nc(NCc2ccccc2F)cc(C(F)(F)F)n1. The molecule has 1 heterocycles.